The molecule has 0 spiro atoms. The molecule has 0 fully saturated rings. The highest BCUT2D eigenvalue weighted by Crippen LogP contribution is 2.41. The lowest BCUT2D eigenvalue weighted by Gasteiger charge is -2.10. The third-order valence-corrected chi connectivity index (χ3v) is 6.26. The second-order valence-corrected chi connectivity index (χ2v) is 7.73. The van der Waals surface area contributed by atoms with Gasteiger partial charge in [0, 0.05) is 21.0 Å². The van der Waals surface area contributed by atoms with Crippen molar-refractivity contribution < 1.29 is 0 Å². The number of fused-ring (bicyclic) bond motifs is 5. The van der Waals surface area contributed by atoms with E-state index in [1.165, 1.54) is 27.4 Å². The molecule has 0 N–H and O–H groups in total. The standard InChI is InChI=1S/C18H15ClN4S/c1-10-21-22-15-9-20-17(11-5-7-12(19)8-6-11)16-13-3-2-4-14(13)24-18(16)23(10)15/h5-8H,2-4,9H2,1H3. The summed E-state index contributed by atoms with van der Waals surface area (Å²) in [5, 5.41) is 10.6. The molecule has 0 bridgehead atoms. The van der Waals surface area contributed by atoms with Gasteiger partial charge in [-0.2, -0.15) is 0 Å². The van der Waals surface area contributed by atoms with Crippen LogP contribution in [0.25, 0.3) is 5.00 Å². The highest BCUT2D eigenvalue weighted by atomic mass is 35.5. The van der Waals surface area contributed by atoms with E-state index in [2.05, 4.69) is 26.9 Å². The van der Waals surface area contributed by atoms with Crippen molar-refractivity contribution in [1.29, 1.82) is 0 Å². The van der Waals surface area contributed by atoms with Gasteiger partial charge in [0.05, 0.1) is 5.71 Å². The lowest BCUT2D eigenvalue weighted by atomic mass is 9.99. The Labute approximate surface area is 148 Å². The molecule has 0 atom stereocenters. The largest absolute Gasteiger partial charge is 0.276 e. The normalized spacial score (nSPS) is 15.5. The molecule has 6 heteroatoms. The molecule has 120 valence electrons. The first-order valence-electron chi connectivity index (χ1n) is 8.09. The van der Waals surface area contributed by atoms with Gasteiger partial charge in [0.2, 0.25) is 0 Å². The van der Waals surface area contributed by atoms with Crippen LogP contribution < -0.4 is 0 Å². The van der Waals surface area contributed by atoms with Crippen molar-refractivity contribution >= 4 is 28.6 Å². The zero-order chi connectivity index (χ0) is 16.3. The SMILES string of the molecule is Cc1nnc2n1-c1sc3c(c1C(c1ccc(Cl)cc1)=NC2)CCC3. The monoisotopic (exact) mass is 354 g/mol. The molecule has 1 aliphatic heterocycles. The van der Waals surface area contributed by atoms with Crippen LogP contribution in [0.2, 0.25) is 5.02 Å². The molecular weight excluding hydrogens is 340 g/mol. The zero-order valence-corrected chi connectivity index (χ0v) is 14.8. The van der Waals surface area contributed by atoms with Gasteiger partial charge in [-0.15, -0.1) is 21.5 Å². The second kappa shape index (κ2) is 5.26. The van der Waals surface area contributed by atoms with Crippen LogP contribution in [-0.4, -0.2) is 20.5 Å². The van der Waals surface area contributed by atoms with Gasteiger partial charge in [0.15, 0.2) is 5.82 Å². The molecule has 5 rings (SSSR count). The Morgan fingerprint density at radius 1 is 1.12 bits per heavy atom. The molecule has 3 heterocycles. The first kappa shape index (κ1) is 14.4. The Bertz CT molecular complexity index is 981. The third kappa shape index (κ3) is 2.01. The number of rotatable bonds is 1. The molecule has 3 aromatic rings. The molecule has 2 aliphatic rings. The number of benzene rings is 1. The Balaban J connectivity index is 1.79. The molecular formula is C18H15ClN4S. The fourth-order valence-electron chi connectivity index (χ4n) is 3.64. The van der Waals surface area contributed by atoms with E-state index in [9.17, 15) is 0 Å². The number of aromatic nitrogens is 3. The first-order valence-corrected chi connectivity index (χ1v) is 9.28. The van der Waals surface area contributed by atoms with E-state index in [1.807, 2.05) is 30.4 Å². The second-order valence-electron chi connectivity index (χ2n) is 6.21. The minimum Gasteiger partial charge on any atom is -0.276 e. The van der Waals surface area contributed by atoms with Crippen molar-refractivity contribution in [3.8, 4) is 5.00 Å². The van der Waals surface area contributed by atoms with E-state index in [-0.39, 0.29) is 0 Å². The number of halogens is 1. The number of aryl methyl sites for hydroxylation is 2. The summed E-state index contributed by atoms with van der Waals surface area (Å²) in [5.41, 5.74) is 4.91. The summed E-state index contributed by atoms with van der Waals surface area (Å²) in [5.74, 6) is 1.84. The average molecular weight is 355 g/mol. The van der Waals surface area contributed by atoms with E-state index < -0.39 is 0 Å². The van der Waals surface area contributed by atoms with Gasteiger partial charge in [-0.1, -0.05) is 23.7 Å². The third-order valence-electron chi connectivity index (χ3n) is 4.73. The molecule has 0 radical (unpaired) electrons. The summed E-state index contributed by atoms with van der Waals surface area (Å²) < 4.78 is 2.19. The van der Waals surface area contributed by atoms with Crippen LogP contribution in [0.4, 0.5) is 0 Å². The number of hydrogen-bond donors (Lipinski definition) is 0. The molecule has 24 heavy (non-hydrogen) atoms. The average Bonchev–Trinajstić information content (AvgIpc) is 3.22. The maximum absolute atomic E-state index is 6.07. The number of nitrogens with zero attached hydrogens (tertiary/aromatic N) is 4. The Morgan fingerprint density at radius 3 is 2.79 bits per heavy atom. The van der Waals surface area contributed by atoms with Gasteiger partial charge in [0.1, 0.15) is 17.4 Å². The molecule has 1 aromatic carbocycles. The topological polar surface area (TPSA) is 43.1 Å². The number of aliphatic imine (C=N–C) groups is 1. The summed E-state index contributed by atoms with van der Waals surface area (Å²) in [4.78, 5) is 6.41. The minimum absolute atomic E-state index is 0.551. The summed E-state index contributed by atoms with van der Waals surface area (Å²) in [7, 11) is 0. The van der Waals surface area contributed by atoms with Crippen molar-refractivity contribution in [2.24, 2.45) is 4.99 Å². The van der Waals surface area contributed by atoms with Crippen LogP contribution in [0, 0.1) is 6.92 Å². The van der Waals surface area contributed by atoms with Crippen molar-refractivity contribution in [3.63, 3.8) is 0 Å². The van der Waals surface area contributed by atoms with Crippen molar-refractivity contribution in [1.82, 2.24) is 14.8 Å². The summed E-state index contributed by atoms with van der Waals surface area (Å²) in [6.07, 6.45) is 3.53. The summed E-state index contributed by atoms with van der Waals surface area (Å²) >= 11 is 7.95. The smallest absolute Gasteiger partial charge is 0.160 e. The van der Waals surface area contributed by atoms with Gasteiger partial charge in [-0.05, 0) is 43.9 Å². The molecule has 0 unspecified atom stereocenters. The van der Waals surface area contributed by atoms with Crippen LogP contribution >= 0.6 is 22.9 Å². The fraction of sp³-hybridized carbons (Fsp3) is 0.278. The van der Waals surface area contributed by atoms with E-state index in [0.29, 0.717) is 6.54 Å². The highest BCUT2D eigenvalue weighted by Gasteiger charge is 2.30. The maximum Gasteiger partial charge on any atom is 0.160 e. The fourth-order valence-corrected chi connectivity index (χ4v) is 5.22. The van der Waals surface area contributed by atoms with Crippen LogP contribution in [0.15, 0.2) is 29.3 Å². The van der Waals surface area contributed by atoms with Crippen LogP contribution in [0.3, 0.4) is 0 Å². The quantitative estimate of drug-likeness (QED) is 0.659. The van der Waals surface area contributed by atoms with Crippen molar-refractivity contribution in [2.75, 3.05) is 0 Å². The number of thiophene rings is 1. The molecule has 0 amide bonds. The van der Waals surface area contributed by atoms with Gasteiger partial charge in [-0.25, -0.2) is 0 Å². The highest BCUT2D eigenvalue weighted by molar-refractivity contribution is 7.15. The van der Waals surface area contributed by atoms with E-state index >= 15 is 0 Å². The predicted octanol–water partition coefficient (Wildman–Crippen LogP) is 4.13. The zero-order valence-electron chi connectivity index (χ0n) is 13.2. The van der Waals surface area contributed by atoms with Crippen LogP contribution in [0.1, 0.15) is 39.6 Å². The van der Waals surface area contributed by atoms with Crippen molar-refractivity contribution in [2.45, 2.75) is 32.7 Å². The molecule has 0 saturated heterocycles. The van der Waals surface area contributed by atoms with E-state index in [0.717, 1.165) is 40.8 Å². The van der Waals surface area contributed by atoms with Crippen LogP contribution in [0.5, 0.6) is 0 Å². The lowest BCUT2D eigenvalue weighted by molar-refractivity contribution is 0.868. The van der Waals surface area contributed by atoms with E-state index in [4.69, 9.17) is 16.6 Å². The van der Waals surface area contributed by atoms with Gasteiger partial charge in [-0.3, -0.25) is 9.56 Å². The van der Waals surface area contributed by atoms with Gasteiger partial charge in [0.25, 0.3) is 0 Å². The van der Waals surface area contributed by atoms with Gasteiger partial charge < -0.3 is 0 Å². The molecule has 1 aliphatic carbocycles. The Kier molecular flexibility index (Phi) is 3.15. The van der Waals surface area contributed by atoms with Crippen LogP contribution in [-0.2, 0) is 19.4 Å². The summed E-state index contributed by atoms with van der Waals surface area (Å²) in [6, 6.07) is 7.98. The predicted molar refractivity (Wildman–Crippen MR) is 96.8 cm³/mol. The van der Waals surface area contributed by atoms with E-state index in [1.54, 1.807) is 0 Å². The molecule has 0 saturated carbocycles. The Morgan fingerprint density at radius 2 is 1.96 bits per heavy atom. The molecule has 2 aromatic heterocycles. The lowest BCUT2D eigenvalue weighted by Crippen LogP contribution is -2.07. The molecule has 4 nitrogen and oxygen atoms in total. The first-order chi connectivity index (χ1) is 11.7. The van der Waals surface area contributed by atoms with Gasteiger partial charge >= 0.3 is 0 Å². The minimum atomic E-state index is 0.551. The maximum atomic E-state index is 6.07. The number of hydrogen-bond acceptors (Lipinski definition) is 4. The van der Waals surface area contributed by atoms with Crippen molar-refractivity contribution in [3.05, 3.63) is 62.5 Å². The summed E-state index contributed by atoms with van der Waals surface area (Å²) in [6.45, 7) is 2.56. The Hall–Kier alpha value is -1.98.